The minimum atomic E-state index is -0.273. The monoisotopic (exact) mass is 362 g/mol. The Morgan fingerprint density at radius 3 is 2.19 bits per heavy atom. The SMILES string of the molecule is CCN(CC)CCCN(CCC(=O)OC)C(=O)CCc1ccc(C)cc1. The van der Waals surface area contributed by atoms with E-state index in [1.807, 2.05) is 4.90 Å². The quantitative estimate of drug-likeness (QED) is 0.536. The third-order valence-corrected chi connectivity index (χ3v) is 4.71. The fourth-order valence-corrected chi connectivity index (χ4v) is 2.88. The molecule has 1 aromatic rings. The number of methoxy groups -OCH3 is 1. The summed E-state index contributed by atoms with van der Waals surface area (Å²) in [4.78, 5) is 28.3. The van der Waals surface area contributed by atoms with Gasteiger partial charge in [-0.2, -0.15) is 0 Å². The van der Waals surface area contributed by atoms with E-state index < -0.39 is 0 Å². The smallest absolute Gasteiger partial charge is 0.307 e. The molecular formula is C21H34N2O3. The van der Waals surface area contributed by atoms with Crippen LogP contribution in [0.5, 0.6) is 0 Å². The third kappa shape index (κ3) is 8.48. The van der Waals surface area contributed by atoms with E-state index in [1.54, 1.807) is 0 Å². The molecule has 0 bridgehead atoms. The molecule has 5 heteroatoms. The largest absolute Gasteiger partial charge is 0.469 e. The molecule has 1 amide bonds. The summed E-state index contributed by atoms with van der Waals surface area (Å²) in [5.74, 6) is -0.167. The number of carbonyl (C=O) groups is 2. The molecule has 0 saturated carbocycles. The zero-order valence-electron chi connectivity index (χ0n) is 16.8. The second kappa shape index (κ2) is 12.5. The van der Waals surface area contributed by atoms with Crippen molar-refractivity contribution < 1.29 is 14.3 Å². The minimum absolute atomic E-state index is 0.106. The minimum Gasteiger partial charge on any atom is -0.469 e. The predicted molar refractivity (Wildman–Crippen MR) is 105 cm³/mol. The van der Waals surface area contributed by atoms with Gasteiger partial charge in [0, 0.05) is 19.5 Å². The Labute approximate surface area is 158 Å². The maximum absolute atomic E-state index is 12.7. The zero-order chi connectivity index (χ0) is 19.4. The highest BCUT2D eigenvalue weighted by Crippen LogP contribution is 2.08. The van der Waals surface area contributed by atoms with E-state index in [0.29, 0.717) is 19.5 Å². The van der Waals surface area contributed by atoms with E-state index in [-0.39, 0.29) is 18.3 Å². The van der Waals surface area contributed by atoms with Crippen LogP contribution in [0, 0.1) is 6.92 Å². The lowest BCUT2D eigenvalue weighted by Gasteiger charge is -2.24. The van der Waals surface area contributed by atoms with Gasteiger partial charge in [-0.25, -0.2) is 0 Å². The van der Waals surface area contributed by atoms with Crippen LogP contribution < -0.4 is 0 Å². The first kappa shape index (κ1) is 22.2. The van der Waals surface area contributed by atoms with Gasteiger partial charge in [0.05, 0.1) is 13.5 Å². The van der Waals surface area contributed by atoms with Gasteiger partial charge in [0.25, 0.3) is 0 Å². The third-order valence-electron chi connectivity index (χ3n) is 4.71. The number of amides is 1. The molecule has 1 aromatic carbocycles. The molecule has 0 saturated heterocycles. The van der Waals surface area contributed by atoms with Crippen molar-refractivity contribution >= 4 is 11.9 Å². The number of aryl methyl sites for hydroxylation is 2. The first-order chi connectivity index (χ1) is 12.5. The van der Waals surface area contributed by atoms with Crippen molar-refractivity contribution in [2.75, 3.05) is 39.8 Å². The molecule has 0 spiro atoms. The summed E-state index contributed by atoms with van der Waals surface area (Å²) in [6.45, 7) is 10.4. The normalized spacial score (nSPS) is 10.8. The Morgan fingerprint density at radius 2 is 1.62 bits per heavy atom. The van der Waals surface area contributed by atoms with E-state index in [0.717, 1.165) is 32.5 Å². The van der Waals surface area contributed by atoms with Crippen LogP contribution in [0.25, 0.3) is 0 Å². The van der Waals surface area contributed by atoms with Gasteiger partial charge in [0.15, 0.2) is 0 Å². The molecule has 0 unspecified atom stereocenters. The van der Waals surface area contributed by atoms with E-state index in [9.17, 15) is 9.59 Å². The van der Waals surface area contributed by atoms with Crippen molar-refractivity contribution in [1.82, 2.24) is 9.80 Å². The number of ether oxygens (including phenoxy) is 1. The Balaban J connectivity index is 2.55. The molecule has 146 valence electrons. The van der Waals surface area contributed by atoms with Crippen LogP contribution in [-0.2, 0) is 20.7 Å². The second-order valence-corrected chi connectivity index (χ2v) is 6.57. The van der Waals surface area contributed by atoms with Gasteiger partial charge in [0.2, 0.25) is 5.91 Å². The van der Waals surface area contributed by atoms with E-state index in [1.165, 1.54) is 18.2 Å². The summed E-state index contributed by atoms with van der Waals surface area (Å²) in [6.07, 6.45) is 2.36. The molecule has 0 aromatic heterocycles. The fourth-order valence-electron chi connectivity index (χ4n) is 2.88. The van der Waals surface area contributed by atoms with Crippen molar-refractivity contribution in [3.05, 3.63) is 35.4 Å². The molecule has 0 N–H and O–H groups in total. The van der Waals surface area contributed by atoms with Crippen molar-refractivity contribution in [2.45, 2.75) is 46.5 Å². The lowest BCUT2D eigenvalue weighted by atomic mass is 10.1. The van der Waals surface area contributed by atoms with Crippen molar-refractivity contribution in [2.24, 2.45) is 0 Å². The van der Waals surface area contributed by atoms with Gasteiger partial charge < -0.3 is 14.5 Å². The van der Waals surface area contributed by atoms with Crippen molar-refractivity contribution in [3.63, 3.8) is 0 Å². The highest BCUT2D eigenvalue weighted by atomic mass is 16.5. The lowest BCUT2D eigenvalue weighted by molar-refractivity contribution is -0.141. The van der Waals surface area contributed by atoms with Crippen molar-refractivity contribution in [1.29, 1.82) is 0 Å². The van der Waals surface area contributed by atoms with E-state index in [2.05, 4.69) is 49.9 Å². The Kier molecular flexibility index (Phi) is 10.6. The summed E-state index contributed by atoms with van der Waals surface area (Å²) in [5, 5.41) is 0. The van der Waals surface area contributed by atoms with Gasteiger partial charge >= 0.3 is 5.97 Å². The first-order valence-electron chi connectivity index (χ1n) is 9.62. The Hall–Kier alpha value is -1.88. The second-order valence-electron chi connectivity index (χ2n) is 6.57. The molecule has 26 heavy (non-hydrogen) atoms. The number of hydrogen-bond acceptors (Lipinski definition) is 4. The maximum atomic E-state index is 12.7. The molecular weight excluding hydrogens is 328 g/mol. The fraction of sp³-hybridized carbons (Fsp3) is 0.619. The zero-order valence-corrected chi connectivity index (χ0v) is 16.8. The number of rotatable bonds is 12. The highest BCUT2D eigenvalue weighted by molar-refractivity contribution is 5.77. The summed E-state index contributed by atoms with van der Waals surface area (Å²) < 4.78 is 4.71. The van der Waals surface area contributed by atoms with Gasteiger partial charge in [-0.3, -0.25) is 9.59 Å². The van der Waals surface area contributed by atoms with Gasteiger partial charge in [0.1, 0.15) is 0 Å². The maximum Gasteiger partial charge on any atom is 0.307 e. The molecule has 0 radical (unpaired) electrons. The molecule has 0 aliphatic carbocycles. The molecule has 0 fully saturated rings. The van der Waals surface area contributed by atoms with Crippen LogP contribution >= 0.6 is 0 Å². The Bertz CT molecular complexity index is 539. The van der Waals surface area contributed by atoms with Gasteiger partial charge in [-0.1, -0.05) is 43.7 Å². The highest BCUT2D eigenvalue weighted by Gasteiger charge is 2.15. The predicted octanol–water partition coefficient (Wildman–Crippen LogP) is 3.05. The van der Waals surface area contributed by atoms with E-state index in [4.69, 9.17) is 4.74 Å². The number of esters is 1. The number of carbonyl (C=O) groups excluding carboxylic acids is 2. The average molecular weight is 363 g/mol. The van der Waals surface area contributed by atoms with Crippen LogP contribution in [0.4, 0.5) is 0 Å². The molecule has 0 atom stereocenters. The first-order valence-corrected chi connectivity index (χ1v) is 9.62. The summed E-state index contributed by atoms with van der Waals surface area (Å²) >= 11 is 0. The molecule has 1 rings (SSSR count). The summed E-state index contributed by atoms with van der Waals surface area (Å²) in [5.41, 5.74) is 2.39. The number of nitrogens with zero attached hydrogens (tertiary/aromatic N) is 2. The molecule has 5 nitrogen and oxygen atoms in total. The van der Waals surface area contributed by atoms with Gasteiger partial charge in [-0.05, 0) is 45.0 Å². The molecule has 0 aliphatic rings. The van der Waals surface area contributed by atoms with Gasteiger partial charge in [-0.15, -0.1) is 0 Å². The van der Waals surface area contributed by atoms with Crippen LogP contribution in [0.15, 0.2) is 24.3 Å². The van der Waals surface area contributed by atoms with Crippen LogP contribution in [0.3, 0.4) is 0 Å². The Morgan fingerprint density at radius 1 is 0.962 bits per heavy atom. The topological polar surface area (TPSA) is 49.9 Å². The average Bonchev–Trinajstić information content (AvgIpc) is 2.66. The number of hydrogen-bond donors (Lipinski definition) is 0. The lowest BCUT2D eigenvalue weighted by Crippen LogP contribution is -2.36. The molecule has 0 heterocycles. The van der Waals surface area contributed by atoms with Crippen LogP contribution in [0.1, 0.15) is 44.2 Å². The molecule has 0 aliphatic heterocycles. The summed E-state index contributed by atoms with van der Waals surface area (Å²) in [6, 6.07) is 8.28. The number of benzene rings is 1. The van der Waals surface area contributed by atoms with Crippen LogP contribution in [0.2, 0.25) is 0 Å². The standard InChI is InChI=1S/C21H34N2O3/c1-5-22(6-2)15-7-16-23(17-14-21(25)26-4)20(24)13-12-19-10-8-18(3)9-11-19/h8-11H,5-7,12-17H2,1-4H3. The van der Waals surface area contributed by atoms with E-state index >= 15 is 0 Å². The van der Waals surface area contributed by atoms with Crippen LogP contribution in [-0.4, -0.2) is 61.5 Å². The van der Waals surface area contributed by atoms with Crippen molar-refractivity contribution in [3.8, 4) is 0 Å². The summed E-state index contributed by atoms with van der Waals surface area (Å²) in [7, 11) is 1.38.